The van der Waals surface area contributed by atoms with Crippen molar-refractivity contribution in [1.82, 2.24) is 0 Å². The monoisotopic (exact) mass is 295 g/mol. The molecular weight excluding hydrogens is 274 g/mol. The van der Waals surface area contributed by atoms with Gasteiger partial charge in [-0.2, -0.15) is 0 Å². The highest BCUT2D eigenvalue weighted by molar-refractivity contribution is 5.93. The van der Waals surface area contributed by atoms with E-state index in [0.717, 1.165) is 23.4 Å². The van der Waals surface area contributed by atoms with Gasteiger partial charge < -0.3 is 10.1 Å². The molecule has 1 atom stereocenters. The van der Waals surface area contributed by atoms with E-state index >= 15 is 0 Å². The predicted molar refractivity (Wildman–Crippen MR) is 88.3 cm³/mol. The number of nitrogens with one attached hydrogen (secondary N) is 1. The Morgan fingerprint density at radius 1 is 1.14 bits per heavy atom. The molecule has 1 aliphatic rings. The Kier molecular flexibility index (Phi) is 4.14. The molecular formula is C19H21NO2. The molecule has 3 heteroatoms. The van der Waals surface area contributed by atoms with E-state index in [0.29, 0.717) is 12.5 Å². The first-order valence-corrected chi connectivity index (χ1v) is 7.75. The first-order chi connectivity index (χ1) is 10.6. The van der Waals surface area contributed by atoms with Crippen molar-refractivity contribution < 1.29 is 9.53 Å². The molecule has 3 rings (SSSR count). The lowest BCUT2D eigenvalue weighted by molar-refractivity contribution is -0.121. The number of hydrogen-bond donors (Lipinski definition) is 1. The lowest BCUT2D eigenvalue weighted by atomic mass is 9.96. The van der Waals surface area contributed by atoms with Crippen molar-refractivity contribution in [3.63, 3.8) is 0 Å². The van der Waals surface area contributed by atoms with Gasteiger partial charge in [0.15, 0.2) is 0 Å². The Balaban J connectivity index is 1.65. The fourth-order valence-electron chi connectivity index (χ4n) is 2.69. The minimum Gasteiger partial charge on any atom is -0.492 e. The SMILES string of the molecule is CC(C)c1ccc(NC(=O)C2COc3ccccc3C2)cc1. The minimum absolute atomic E-state index is 0.0202. The smallest absolute Gasteiger partial charge is 0.231 e. The number of amides is 1. The van der Waals surface area contributed by atoms with Crippen LogP contribution in [0.1, 0.15) is 30.9 Å². The zero-order chi connectivity index (χ0) is 15.5. The van der Waals surface area contributed by atoms with Gasteiger partial charge in [0.2, 0.25) is 5.91 Å². The minimum atomic E-state index is -0.139. The summed E-state index contributed by atoms with van der Waals surface area (Å²) in [6.45, 7) is 4.75. The molecule has 1 N–H and O–H groups in total. The van der Waals surface area contributed by atoms with Crippen molar-refractivity contribution in [2.75, 3.05) is 11.9 Å². The fraction of sp³-hybridized carbons (Fsp3) is 0.316. The highest BCUT2D eigenvalue weighted by Crippen LogP contribution is 2.27. The highest BCUT2D eigenvalue weighted by atomic mass is 16.5. The number of carbonyl (C=O) groups excluding carboxylic acids is 1. The largest absolute Gasteiger partial charge is 0.492 e. The van der Waals surface area contributed by atoms with Crippen LogP contribution in [-0.4, -0.2) is 12.5 Å². The van der Waals surface area contributed by atoms with Gasteiger partial charge in [-0.25, -0.2) is 0 Å². The van der Waals surface area contributed by atoms with Crippen LogP contribution in [0.3, 0.4) is 0 Å². The molecule has 1 unspecified atom stereocenters. The molecule has 0 bridgehead atoms. The van der Waals surface area contributed by atoms with Crippen molar-refractivity contribution in [2.24, 2.45) is 5.92 Å². The quantitative estimate of drug-likeness (QED) is 0.929. The molecule has 0 saturated carbocycles. The molecule has 114 valence electrons. The van der Waals surface area contributed by atoms with E-state index in [4.69, 9.17) is 4.74 Å². The molecule has 1 heterocycles. The topological polar surface area (TPSA) is 38.3 Å². The summed E-state index contributed by atoms with van der Waals surface area (Å²) >= 11 is 0. The van der Waals surface area contributed by atoms with Crippen LogP contribution in [0.4, 0.5) is 5.69 Å². The second-order valence-electron chi connectivity index (χ2n) is 6.09. The Hall–Kier alpha value is -2.29. The average Bonchev–Trinajstić information content (AvgIpc) is 2.55. The lowest BCUT2D eigenvalue weighted by Crippen LogP contribution is -2.32. The summed E-state index contributed by atoms with van der Waals surface area (Å²) in [5.74, 6) is 1.27. The van der Waals surface area contributed by atoms with Crippen LogP contribution in [0.2, 0.25) is 0 Å². The maximum Gasteiger partial charge on any atom is 0.231 e. The third kappa shape index (κ3) is 3.14. The summed E-state index contributed by atoms with van der Waals surface area (Å²) in [6.07, 6.45) is 0.728. The van der Waals surface area contributed by atoms with E-state index < -0.39 is 0 Å². The van der Waals surface area contributed by atoms with E-state index in [1.807, 2.05) is 36.4 Å². The fourth-order valence-corrected chi connectivity index (χ4v) is 2.69. The van der Waals surface area contributed by atoms with Crippen molar-refractivity contribution in [2.45, 2.75) is 26.2 Å². The molecule has 1 aliphatic heterocycles. The highest BCUT2D eigenvalue weighted by Gasteiger charge is 2.25. The molecule has 0 fully saturated rings. The zero-order valence-corrected chi connectivity index (χ0v) is 13.0. The van der Waals surface area contributed by atoms with Crippen LogP contribution >= 0.6 is 0 Å². The van der Waals surface area contributed by atoms with Crippen molar-refractivity contribution in [3.8, 4) is 5.75 Å². The third-order valence-corrected chi connectivity index (χ3v) is 4.09. The number of ether oxygens (including phenoxy) is 1. The van der Waals surface area contributed by atoms with Crippen LogP contribution in [-0.2, 0) is 11.2 Å². The van der Waals surface area contributed by atoms with Gasteiger partial charge in [0.25, 0.3) is 0 Å². The molecule has 22 heavy (non-hydrogen) atoms. The van der Waals surface area contributed by atoms with Gasteiger partial charge in [-0.15, -0.1) is 0 Å². The van der Waals surface area contributed by atoms with Crippen LogP contribution in [0.25, 0.3) is 0 Å². The molecule has 0 spiro atoms. The maximum atomic E-state index is 12.4. The maximum absolute atomic E-state index is 12.4. The van der Waals surface area contributed by atoms with Gasteiger partial charge in [0.1, 0.15) is 12.4 Å². The Morgan fingerprint density at radius 2 is 1.86 bits per heavy atom. The summed E-state index contributed by atoms with van der Waals surface area (Å²) in [4.78, 5) is 12.4. The first-order valence-electron chi connectivity index (χ1n) is 7.75. The molecule has 2 aromatic rings. The van der Waals surface area contributed by atoms with Crippen molar-refractivity contribution >= 4 is 11.6 Å². The van der Waals surface area contributed by atoms with E-state index in [1.165, 1.54) is 5.56 Å². The van der Waals surface area contributed by atoms with E-state index in [-0.39, 0.29) is 11.8 Å². The molecule has 1 amide bonds. The summed E-state index contributed by atoms with van der Waals surface area (Å²) in [5.41, 5.74) is 3.21. The van der Waals surface area contributed by atoms with E-state index in [1.54, 1.807) is 0 Å². The van der Waals surface area contributed by atoms with Gasteiger partial charge in [-0.1, -0.05) is 44.2 Å². The number of benzene rings is 2. The van der Waals surface area contributed by atoms with Crippen LogP contribution in [0.5, 0.6) is 5.75 Å². The van der Waals surface area contributed by atoms with Crippen molar-refractivity contribution in [3.05, 3.63) is 59.7 Å². The number of carbonyl (C=O) groups is 1. The van der Waals surface area contributed by atoms with Crippen LogP contribution in [0, 0.1) is 5.92 Å². The Labute approximate surface area is 131 Å². The normalized spacial score (nSPS) is 16.8. The number of fused-ring (bicyclic) bond motifs is 1. The lowest BCUT2D eigenvalue weighted by Gasteiger charge is -2.24. The zero-order valence-electron chi connectivity index (χ0n) is 13.0. The molecule has 0 aromatic heterocycles. The second-order valence-corrected chi connectivity index (χ2v) is 6.09. The van der Waals surface area contributed by atoms with E-state index in [9.17, 15) is 4.79 Å². The Morgan fingerprint density at radius 3 is 2.59 bits per heavy atom. The number of anilines is 1. The first kappa shape index (κ1) is 14.6. The second kappa shape index (κ2) is 6.22. The van der Waals surface area contributed by atoms with Gasteiger partial charge in [0.05, 0.1) is 5.92 Å². The molecule has 0 radical (unpaired) electrons. The molecule has 0 saturated heterocycles. The van der Waals surface area contributed by atoms with Gasteiger partial charge in [-0.05, 0) is 41.7 Å². The number of para-hydroxylation sites is 1. The third-order valence-electron chi connectivity index (χ3n) is 4.09. The van der Waals surface area contributed by atoms with Gasteiger partial charge in [-0.3, -0.25) is 4.79 Å². The van der Waals surface area contributed by atoms with Crippen LogP contribution < -0.4 is 10.1 Å². The standard InChI is InChI=1S/C19H21NO2/c1-13(2)14-7-9-17(10-8-14)20-19(21)16-11-15-5-3-4-6-18(15)22-12-16/h3-10,13,16H,11-12H2,1-2H3,(H,20,21). The van der Waals surface area contributed by atoms with Gasteiger partial charge in [0, 0.05) is 5.69 Å². The van der Waals surface area contributed by atoms with Crippen molar-refractivity contribution in [1.29, 1.82) is 0 Å². The Bertz CT molecular complexity index is 661. The molecule has 0 aliphatic carbocycles. The van der Waals surface area contributed by atoms with Gasteiger partial charge >= 0.3 is 0 Å². The predicted octanol–water partition coefficient (Wildman–Crippen LogP) is 4.00. The number of hydrogen-bond acceptors (Lipinski definition) is 2. The number of rotatable bonds is 3. The van der Waals surface area contributed by atoms with E-state index in [2.05, 4.69) is 31.3 Å². The molecule has 2 aromatic carbocycles. The summed E-state index contributed by atoms with van der Waals surface area (Å²) < 4.78 is 5.68. The summed E-state index contributed by atoms with van der Waals surface area (Å²) in [7, 11) is 0. The molecule has 3 nitrogen and oxygen atoms in total. The average molecular weight is 295 g/mol. The van der Waals surface area contributed by atoms with Crippen LogP contribution in [0.15, 0.2) is 48.5 Å². The summed E-state index contributed by atoms with van der Waals surface area (Å²) in [6, 6.07) is 16.0. The summed E-state index contributed by atoms with van der Waals surface area (Å²) in [5, 5.41) is 2.99.